The van der Waals surface area contributed by atoms with Crippen molar-refractivity contribution < 1.29 is 18.7 Å². The van der Waals surface area contributed by atoms with Gasteiger partial charge in [0.15, 0.2) is 6.61 Å². The van der Waals surface area contributed by atoms with E-state index in [0.717, 1.165) is 32.0 Å². The monoisotopic (exact) mass is 438 g/mol. The van der Waals surface area contributed by atoms with Crippen LogP contribution < -0.4 is 20.7 Å². The molecule has 4 aliphatic rings. The standard InChI is InChI=1S/C21H28ClFN4O3/c1-27-5-4-24-19(27)10-25-21(29)15-9-18(13-6-12(15)7-13)26-20(28)11-30-14-2-3-16(22)17(23)8-14/h2-3,8,12-13,15,18-19,24H,4-7,9-11H2,1H3,(H,25,29)(H,26,28). The van der Waals surface area contributed by atoms with Gasteiger partial charge in [-0.05, 0) is 50.3 Å². The van der Waals surface area contributed by atoms with Gasteiger partial charge in [0.1, 0.15) is 11.6 Å². The number of carbonyl (C=O) groups is 2. The number of benzene rings is 1. The van der Waals surface area contributed by atoms with Crippen LogP contribution in [0.4, 0.5) is 4.39 Å². The molecule has 3 saturated carbocycles. The summed E-state index contributed by atoms with van der Waals surface area (Å²) in [6, 6.07) is 4.04. The lowest BCUT2D eigenvalue weighted by atomic mass is 9.57. The van der Waals surface area contributed by atoms with Crippen LogP contribution in [0, 0.1) is 23.6 Å². The summed E-state index contributed by atoms with van der Waals surface area (Å²) in [5, 5.41) is 9.46. The van der Waals surface area contributed by atoms with Gasteiger partial charge in [0.25, 0.3) is 5.91 Å². The zero-order valence-electron chi connectivity index (χ0n) is 17.0. The highest BCUT2D eigenvalue weighted by molar-refractivity contribution is 6.30. The Morgan fingerprint density at radius 1 is 1.30 bits per heavy atom. The summed E-state index contributed by atoms with van der Waals surface area (Å²) in [7, 11) is 2.04. The molecule has 0 aromatic heterocycles. The van der Waals surface area contributed by atoms with Crippen LogP contribution in [0.1, 0.15) is 19.3 Å². The Morgan fingerprint density at radius 2 is 2.10 bits per heavy atom. The highest BCUT2D eigenvalue weighted by Crippen LogP contribution is 2.49. The topological polar surface area (TPSA) is 82.7 Å². The first kappa shape index (κ1) is 21.3. The zero-order chi connectivity index (χ0) is 21.3. The smallest absolute Gasteiger partial charge is 0.258 e. The van der Waals surface area contributed by atoms with E-state index in [1.165, 1.54) is 12.1 Å². The number of hydrogen-bond acceptors (Lipinski definition) is 5. The third kappa shape index (κ3) is 4.71. The number of halogens is 2. The number of fused-ring (bicyclic) bond motifs is 2. The van der Waals surface area contributed by atoms with Gasteiger partial charge < -0.3 is 15.4 Å². The predicted molar refractivity (Wildman–Crippen MR) is 111 cm³/mol. The molecule has 2 bridgehead atoms. The van der Waals surface area contributed by atoms with E-state index in [0.29, 0.717) is 24.8 Å². The van der Waals surface area contributed by atoms with Gasteiger partial charge in [-0.1, -0.05) is 11.6 Å². The van der Waals surface area contributed by atoms with E-state index in [4.69, 9.17) is 16.3 Å². The Hall–Kier alpha value is -1.90. The average Bonchev–Trinajstić information content (AvgIpc) is 3.10. The van der Waals surface area contributed by atoms with Crippen LogP contribution >= 0.6 is 11.6 Å². The van der Waals surface area contributed by atoms with E-state index in [-0.39, 0.29) is 47.3 Å². The summed E-state index contributed by atoms with van der Waals surface area (Å²) in [6.45, 7) is 2.30. The van der Waals surface area contributed by atoms with Gasteiger partial charge in [-0.3, -0.25) is 19.8 Å². The lowest BCUT2D eigenvalue weighted by molar-refractivity contribution is -0.136. The van der Waals surface area contributed by atoms with E-state index in [9.17, 15) is 14.0 Å². The van der Waals surface area contributed by atoms with Gasteiger partial charge in [-0.15, -0.1) is 0 Å². The summed E-state index contributed by atoms with van der Waals surface area (Å²) in [5.41, 5.74) is 0. The number of hydrogen-bond donors (Lipinski definition) is 3. The van der Waals surface area contributed by atoms with Crippen molar-refractivity contribution in [2.45, 2.75) is 31.5 Å². The molecule has 1 saturated heterocycles. The fourth-order valence-corrected chi connectivity index (χ4v) is 4.88. The molecule has 1 aliphatic heterocycles. The molecule has 0 spiro atoms. The highest BCUT2D eigenvalue weighted by Gasteiger charge is 2.49. The molecule has 3 N–H and O–H groups in total. The van der Waals surface area contributed by atoms with Crippen molar-refractivity contribution in [2.75, 3.05) is 33.3 Å². The second kappa shape index (κ2) is 9.08. The second-order valence-corrected chi connectivity index (χ2v) is 8.98. The maximum atomic E-state index is 13.5. The summed E-state index contributed by atoms with van der Waals surface area (Å²) in [4.78, 5) is 27.3. The quantitative estimate of drug-likeness (QED) is 0.599. The highest BCUT2D eigenvalue weighted by atomic mass is 35.5. The number of rotatable bonds is 7. The molecule has 30 heavy (non-hydrogen) atoms. The van der Waals surface area contributed by atoms with Gasteiger partial charge in [0.2, 0.25) is 5.91 Å². The first-order valence-electron chi connectivity index (χ1n) is 10.5. The third-order valence-electron chi connectivity index (χ3n) is 6.65. The van der Waals surface area contributed by atoms with Crippen molar-refractivity contribution in [2.24, 2.45) is 17.8 Å². The van der Waals surface area contributed by atoms with Crippen LogP contribution in [0.2, 0.25) is 5.02 Å². The molecule has 1 aromatic carbocycles. The maximum Gasteiger partial charge on any atom is 0.258 e. The largest absolute Gasteiger partial charge is 0.484 e. The Bertz CT molecular complexity index is 804. The lowest BCUT2D eigenvalue weighted by Gasteiger charge is -2.50. The van der Waals surface area contributed by atoms with Gasteiger partial charge >= 0.3 is 0 Å². The summed E-state index contributed by atoms with van der Waals surface area (Å²) >= 11 is 5.65. The molecule has 3 atom stereocenters. The van der Waals surface area contributed by atoms with Gasteiger partial charge in [0.05, 0.1) is 11.2 Å². The molecule has 1 aromatic rings. The molecule has 1 heterocycles. The molecular formula is C21H28ClFN4O3. The summed E-state index contributed by atoms with van der Waals surface area (Å²) in [6.07, 6.45) is 2.76. The molecule has 3 aliphatic carbocycles. The Kier molecular flexibility index (Phi) is 6.46. The molecule has 5 rings (SSSR count). The van der Waals surface area contributed by atoms with E-state index >= 15 is 0 Å². The van der Waals surface area contributed by atoms with E-state index < -0.39 is 5.82 Å². The number of ether oxygens (including phenoxy) is 1. The van der Waals surface area contributed by atoms with Crippen molar-refractivity contribution >= 4 is 23.4 Å². The van der Waals surface area contributed by atoms with Crippen molar-refractivity contribution in [1.29, 1.82) is 0 Å². The summed E-state index contributed by atoms with van der Waals surface area (Å²) < 4.78 is 18.8. The first-order chi connectivity index (χ1) is 14.4. The van der Waals surface area contributed by atoms with Gasteiger partial charge in [-0.25, -0.2) is 4.39 Å². The van der Waals surface area contributed by atoms with Crippen molar-refractivity contribution in [1.82, 2.24) is 20.9 Å². The van der Waals surface area contributed by atoms with Crippen LogP contribution in [-0.4, -0.2) is 62.2 Å². The number of nitrogens with zero attached hydrogens (tertiary/aromatic N) is 1. The average molecular weight is 439 g/mol. The molecule has 4 fully saturated rings. The Morgan fingerprint density at radius 3 is 2.80 bits per heavy atom. The normalized spacial score (nSPS) is 30.4. The Labute approximate surface area is 180 Å². The van der Waals surface area contributed by atoms with E-state index in [1.54, 1.807) is 0 Å². The van der Waals surface area contributed by atoms with Gasteiger partial charge in [-0.2, -0.15) is 0 Å². The fraction of sp³-hybridized carbons (Fsp3) is 0.619. The lowest BCUT2D eigenvalue weighted by Crippen LogP contribution is -2.57. The van der Waals surface area contributed by atoms with Crippen LogP contribution in [0.25, 0.3) is 0 Å². The minimum absolute atomic E-state index is 0.00761. The first-order valence-corrected chi connectivity index (χ1v) is 10.9. The molecule has 0 radical (unpaired) electrons. The SMILES string of the molecule is CN1CCNC1CNC(=O)C1CC(NC(=O)COc2ccc(Cl)c(F)c2)C2CC1C2. The minimum atomic E-state index is -0.588. The van der Waals surface area contributed by atoms with Crippen molar-refractivity contribution in [3.63, 3.8) is 0 Å². The van der Waals surface area contributed by atoms with Crippen molar-refractivity contribution in [3.8, 4) is 5.75 Å². The molecule has 7 nitrogen and oxygen atoms in total. The molecule has 164 valence electrons. The fourth-order valence-electron chi connectivity index (χ4n) is 4.76. The van der Waals surface area contributed by atoms with Gasteiger partial charge in [0, 0.05) is 37.7 Å². The van der Waals surface area contributed by atoms with E-state index in [1.807, 2.05) is 7.05 Å². The van der Waals surface area contributed by atoms with Crippen LogP contribution in [0.5, 0.6) is 5.75 Å². The molecule has 3 unspecified atom stereocenters. The Balaban J connectivity index is 1.24. The second-order valence-electron chi connectivity index (χ2n) is 8.57. The van der Waals surface area contributed by atoms with Crippen LogP contribution in [0.3, 0.4) is 0 Å². The minimum Gasteiger partial charge on any atom is -0.484 e. The number of amides is 2. The number of carbonyl (C=O) groups excluding carboxylic acids is 2. The molecule has 9 heteroatoms. The zero-order valence-corrected chi connectivity index (χ0v) is 17.8. The van der Waals surface area contributed by atoms with E-state index in [2.05, 4.69) is 20.9 Å². The summed E-state index contributed by atoms with van der Waals surface area (Å²) in [5.74, 6) is 0.226. The predicted octanol–water partition coefficient (Wildman–Crippen LogP) is 1.37. The maximum absolute atomic E-state index is 13.5. The molecule has 2 amide bonds. The number of nitrogens with one attached hydrogen (secondary N) is 3. The van der Waals surface area contributed by atoms with Crippen LogP contribution in [0.15, 0.2) is 18.2 Å². The third-order valence-corrected chi connectivity index (χ3v) is 6.95. The number of likely N-dealkylation sites (N-methyl/N-ethyl adjacent to an activating group) is 1. The molecular weight excluding hydrogens is 411 g/mol. The van der Waals surface area contributed by atoms with Crippen LogP contribution in [-0.2, 0) is 9.59 Å². The van der Waals surface area contributed by atoms with Crippen molar-refractivity contribution in [3.05, 3.63) is 29.0 Å².